The zero-order chi connectivity index (χ0) is 17.9. The Bertz CT molecular complexity index is 865. The Labute approximate surface area is 142 Å². The lowest BCUT2D eigenvalue weighted by atomic mass is 10.3. The van der Waals surface area contributed by atoms with Crippen LogP contribution in [-0.4, -0.2) is 30.8 Å². The van der Waals surface area contributed by atoms with Crippen molar-refractivity contribution in [3.8, 4) is 5.75 Å². The van der Waals surface area contributed by atoms with Crippen molar-refractivity contribution < 1.29 is 22.9 Å². The van der Waals surface area contributed by atoms with Crippen molar-refractivity contribution >= 4 is 33.4 Å². The molecule has 0 heterocycles. The van der Waals surface area contributed by atoms with Gasteiger partial charge in [0.25, 0.3) is 15.7 Å². The first kappa shape index (κ1) is 17.7. The fraction of sp³-hybridized carbons (Fsp3) is 0.0714. The van der Waals surface area contributed by atoms with Crippen LogP contribution in [0.15, 0.2) is 53.4 Å². The third kappa shape index (κ3) is 3.81. The molecule has 0 spiro atoms. The van der Waals surface area contributed by atoms with Gasteiger partial charge in [-0.15, -0.1) is 0 Å². The summed E-state index contributed by atoms with van der Waals surface area (Å²) in [5.41, 5.74) is -0.264. The van der Waals surface area contributed by atoms with Gasteiger partial charge < -0.3 is 4.74 Å². The number of carbonyl (C=O) groups excluding carboxylic acids is 1. The smallest absolute Gasteiger partial charge is 0.409 e. The number of hydrogen-bond donors (Lipinski definition) is 0. The Morgan fingerprint density at radius 1 is 1.12 bits per heavy atom. The van der Waals surface area contributed by atoms with E-state index in [2.05, 4.69) is 0 Å². The van der Waals surface area contributed by atoms with Gasteiger partial charge in [-0.1, -0.05) is 11.6 Å². The van der Waals surface area contributed by atoms with Crippen molar-refractivity contribution in [2.45, 2.75) is 4.90 Å². The number of amides is 1. The molecule has 0 aliphatic rings. The topological polar surface area (TPSA) is 107 Å². The number of carbonyl (C=O) groups is 1. The van der Waals surface area contributed by atoms with Crippen LogP contribution in [-0.2, 0) is 10.0 Å². The third-order valence-corrected chi connectivity index (χ3v) is 4.97. The molecule has 2 aromatic rings. The number of nitro benzene ring substituents is 1. The molecule has 0 N–H and O–H groups in total. The largest absolute Gasteiger partial charge is 0.429 e. The second-order valence-electron chi connectivity index (χ2n) is 4.55. The molecule has 1 amide bonds. The molecule has 8 nitrogen and oxygen atoms in total. The summed E-state index contributed by atoms with van der Waals surface area (Å²) in [6.45, 7) is 0. The maximum absolute atomic E-state index is 12.3. The molecule has 2 aromatic carbocycles. The van der Waals surface area contributed by atoms with Crippen LogP contribution < -0.4 is 4.74 Å². The van der Waals surface area contributed by atoms with Crippen LogP contribution in [0.3, 0.4) is 0 Å². The molecule has 0 aliphatic carbocycles. The number of ether oxygens (including phenoxy) is 1. The molecule has 0 aromatic heterocycles. The fourth-order valence-electron chi connectivity index (χ4n) is 1.66. The minimum atomic E-state index is -4.20. The highest BCUT2D eigenvalue weighted by Gasteiger charge is 2.27. The minimum Gasteiger partial charge on any atom is -0.409 e. The SMILES string of the molecule is CN(C(=O)Oc1ccc(Cl)cc1)S(=O)(=O)c1ccc([N+](=O)[O-])cc1. The lowest BCUT2D eigenvalue weighted by Gasteiger charge is -2.17. The van der Waals surface area contributed by atoms with Gasteiger partial charge in [-0.2, -0.15) is 0 Å². The van der Waals surface area contributed by atoms with Crippen LogP contribution >= 0.6 is 11.6 Å². The molecule has 0 radical (unpaired) electrons. The molecule has 2 rings (SSSR count). The van der Waals surface area contributed by atoms with Gasteiger partial charge in [-0.25, -0.2) is 17.5 Å². The average molecular weight is 371 g/mol. The summed E-state index contributed by atoms with van der Waals surface area (Å²) in [6.07, 6.45) is -1.13. The van der Waals surface area contributed by atoms with Crippen LogP contribution in [0.5, 0.6) is 5.75 Å². The van der Waals surface area contributed by atoms with Gasteiger partial charge in [0.05, 0.1) is 9.82 Å². The summed E-state index contributed by atoms with van der Waals surface area (Å²) < 4.78 is 30.0. The summed E-state index contributed by atoms with van der Waals surface area (Å²) in [5, 5.41) is 11.0. The van der Waals surface area contributed by atoms with Gasteiger partial charge in [0.1, 0.15) is 5.75 Å². The van der Waals surface area contributed by atoms with Gasteiger partial charge in [0.15, 0.2) is 0 Å². The maximum Gasteiger partial charge on any atom is 0.429 e. The van der Waals surface area contributed by atoms with E-state index in [-0.39, 0.29) is 16.3 Å². The van der Waals surface area contributed by atoms with Gasteiger partial charge in [-0.3, -0.25) is 10.1 Å². The average Bonchev–Trinajstić information content (AvgIpc) is 2.56. The Kier molecular flexibility index (Phi) is 5.05. The fourth-order valence-corrected chi connectivity index (χ4v) is 2.82. The number of sulfonamides is 1. The minimum absolute atomic E-state index is 0.121. The second kappa shape index (κ2) is 6.85. The highest BCUT2D eigenvalue weighted by molar-refractivity contribution is 7.89. The predicted octanol–water partition coefficient (Wildman–Crippen LogP) is 3.07. The number of halogens is 1. The summed E-state index contributed by atoms with van der Waals surface area (Å²) in [4.78, 5) is 21.6. The number of benzene rings is 2. The van der Waals surface area contributed by atoms with Crippen molar-refractivity contribution in [3.63, 3.8) is 0 Å². The summed E-state index contributed by atoms with van der Waals surface area (Å²) in [7, 11) is -3.18. The number of hydrogen-bond acceptors (Lipinski definition) is 6. The van der Waals surface area contributed by atoms with Gasteiger partial charge >= 0.3 is 6.09 Å². The number of non-ortho nitro benzene ring substituents is 1. The van der Waals surface area contributed by atoms with Crippen LogP contribution in [0, 0.1) is 10.1 Å². The zero-order valence-corrected chi connectivity index (χ0v) is 13.8. The lowest BCUT2D eigenvalue weighted by molar-refractivity contribution is -0.384. The van der Waals surface area contributed by atoms with E-state index in [0.717, 1.165) is 31.3 Å². The van der Waals surface area contributed by atoms with Crippen molar-refractivity contribution in [2.75, 3.05) is 7.05 Å². The summed E-state index contributed by atoms with van der Waals surface area (Å²) >= 11 is 5.70. The summed E-state index contributed by atoms with van der Waals surface area (Å²) in [5.74, 6) is 0.121. The predicted molar refractivity (Wildman–Crippen MR) is 85.5 cm³/mol. The molecule has 10 heteroatoms. The Hall–Kier alpha value is -2.65. The molecule has 0 saturated carbocycles. The Balaban J connectivity index is 2.19. The highest BCUT2D eigenvalue weighted by atomic mass is 35.5. The number of rotatable bonds is 4. The molecular weight excluding hydrogens is 360 g/mol. The molecule has 0 saturated heterocycles. The van der Waals surface area contributed by atoms with Crippen molar-refractivity contribution in [1.29, 1.82) is 0 Å². The standard InChI is InChI=1S/C14H11ClN2O6S/c1-16(14(18)23-12-6-2-10(15)3-7-12)24(21,22)13-8-4-11(5-9-13)17(19)20/h2-9H,1H3. The Morgan fingerprint density at radius 2 is 1.67 bits per heavy atom. The van der Waals surface area contributed by atoms with E-state index in [1.54, 1.807) is 0 Å². The van der Waals surface area contributed by atoms with E-state index in [0.29, 0.717) is 9.33 Å². The Morgan fingerprint density at radius 3 is 2.17 bits per heavy atom. The van der Waals surface area contributed by atoms with E-state index >= 15 is 0 Å². The molecule has 24 heavy (non-hydrogen) atoms. The van der Waals surface area contributed by atoms with E-state index in [1.807, 2.05) is 0 Å². The van der Waals surface area contributed by atoms with Crippen LogP contribution in [0.4, 0.5) is 10.5 Å². The van der Waals surface area contributed by atoms with E-state index in [1.165, 1.54) is 24.3 Å². The molecule has 126 valence electrons. The summed E-state index contributed by atoms with van der Waals surface area (Å²) in [6, 6.07) is 9.93. The molecular formula is C14H11ClN2O6S. The second-order valence-corrected chi connectivity index (χ2v) is 6.95. The molecule has 0 unspecified atom stereocenters. The number of nitro groups is 1. The zero-order valence-electron chi connectivity index (χ0n) is 12.2. The van der Waals surface area contributed by atoms with Crippen LogP contribution in [0.1, 0.15) is 0 Å². The van der Waals surface area contributed by atoms with Crippen LogP contribution in [0.2, 0.25) is 5.02 Å². The van der Waals surface area contributed by atoms with Gasteiger partial charge in [0.2, 0.25) is 0 Å². The first-order valence-electron chi connectivity index (χ1n) is 6.42. The lowest BCUT2D eigenvalue weighted by Crippen LogP contribution is -2.35. The van der Waals surface area contributed by atoms with Crippen molar-refractivity contribution in [2.24, 2.45) is 0 Å². The molecule has 0 atom stereocenters. The monoisotopic (exact) mass is 370 g/mol. The van der Waals surface area contributed by atoms with Gasteiger partial charge in [-0.05, 0) is 36.4 Å². The normalized spacial score (nSPS) is 10.9. The van der Waals surface area contributed by atoms with E-state index in [4.69, 9.17) is 16.3 Å². The highest BCUT2D eigenvalue weighted by Crippen LogP contribution is 2.21. The van der Waals surface area contributed by atoms with E-state index < -0.39 is 21.0 Å². The maximum atomic E-state index is 12.3. The molecule has 0 aliphatic heterocycles. The van der Waals surface area contributed by atoms with E-state index in [9.17, 15) is 23.3 Å². The third-order valence-electron chi connectivity index (χ3n) is 2.98. The van der Waals surface area contributed by atoms with Crippen molar-refractivity contribution in [3.05, 3.63) is 63.7 Å². The first-order chi connectivity index (χ1) is 11.2. The number of nitrogens with zero attached hydrogens (tertiary/aromatic N) is 2. The quantitative estimate of drug-likeness (QED) is 0.604. The first-order valence-corrected chi connectivity index (χ1v) is 8.24. The van der Waals surface area contributed by atoms with Crippen molar-refractivity contribution in [1.82, 2.24) is 4.31 Å². The molecule has 0 bridgehead atoms. The van der Waals surface area contributed by atoms with Gasteiger partial charge in [0, 0.05) is 24.2 Å². The van der Waals surface area contributed by atoms with Crippen LogP contribution in [0.25, 0.3) is 0 Å². The molecule has 0 fully saturated rings.